The molecule has 1 atom stereocenters. The highest BCUT2D eigenvalue weighted by atomic mass is 19.4. The summed E-state index contributed by atoms with van der Waals surface area (Å²) in [5.74, 6) is -0.250. The molecule has 0 heterocycles. The maximum atomic E-state index is 12.6. The lowest BCUT2D eigenvalue weighted by atomic mass is 10.0. The number of rotatable bonds is 2. The van der Waals surface area contributed by atoms with E-state index in [2.05, 4.69) is 4.74 Å². The van der Waals surface area contributed by atoms with Crippen LogP contribution in [0.15, 0.2) is 18.2 Å². The molecule has 0 spiro atoms. The zero-order valence-corrected chi connectivity index (χ0v) is 8.93. The second kappa shape index (κ2) is 4.68. The van der Waals surface area contributed by atoms with Crippen LogP contribution in [0.25, 0.3) is 0 Å². The van der Waals surface area contributed by atoms with Crippen molar-refractivity contribution < 1.29 is 36.2 Å². The first-order chi connectivity index (χ1) is 8.07. The third-order valence-corrected chi connectivity index (χ3v) is 2.17. The summed E-state index contributed by atoms with van der Waals surface area (Å²) >= 11 is 0. The highest BCUT2D eigenvalue weighted by molar-refractivity contribution is 5.39. The lowest BCUT2D eigenvalue weighted by molar-refractivity contribution is -0.209. The molecule has 1 N–H and O–H groups in total. The monoisotopic (exact) mass is 274 g/mol. The van der Waals surface area contributed by atoms with E-state index in [0.717, 1.165) is 13.2 Å². The highest BCUT2D eigenvalue weighted by Crippen LogP contribution is 2.41. The van der Waals surface area contributed by atoms with Gasteiger partial charge in [-0.25, -0.2) is 0 Å². The zero-order valence-electron chi connectivity index (χ0n) is 8.93. The topological polar surface area (TPSA) is 29.5 Å². The Balaban J connectivity index is 3.36. The smallest absolute Gasteiger partial charge is 0.418 e. The minimum absolute atomic E-state index is 0.250. The van der Waals surface area contributed by atoms with Crippen molar-refractivity contribution in [3.8, 4) is 5.75 Å². The van der Waals surface area contributed by atoms with Gasteiger partial charge < -0.3 is 9.84 Å². The summed E-state index contributed by atoms with van der Waals surface area (Å²) in [5, 5.41) is 8.90. The fourth-order valence-electron chi connectivity index (χ4n) is 1.32. The average molecular weight is 274 g/mol. The van der Waals surface area contributed by atoms with Crippen molar-refractivity contribution in [2.75, 3.05) is 7.11 Å². The lowest BCUT2D eigenvalue weighted by Gasteiger charge is -2.20. The van der Waals surface area contributed by atoms with Crippen LogP contribution in [0.5, 0.6) is 5.75 Å². The molecule has 18 heavy (non-hydrogen) atoms. The van der Waals surface area contributed by atoms with Gasteiger partial charge >= 0.3 is 12.4 Å². The standard InChI is InChI=1S/C10H8F6O2/c1-18-5-2-3-6(8(17)10(14,15)16)7(4-5)9(11,12)13/h2-4,8,17H,1H3. The van der Waals surface area contributed by atoms with E-state index in [-0.39, 0.29) is 5.75 Å². The fourth-order valence-corrected chi connectivity index (χ4v) is 1.32. The highest BCUT2D eigenvalue weighted by Gasteiger charge is 2.44. The molecule has 0 aromatic heterocycles. The Labute approximate surface area is 97.8 Å². The van der Waals surface area contributed by atoms with Crippen LogP contribution < -0.4 is 4.74 Å². The van der Waals surface area contributed by atoms with Gasteiger partial charge in [0, 0.05) is 5.56 Å². The van der Waals surface area contributed by atoms with Crippen molar-refractivity contribution in [2.45, 2.75) is 18.5 Å². The van der Waals surface area contributed by atoms with Crippen LogP contribution >= 0.6 is 0 Å². The van der Waals surface area contributed by atoms with E-state index in [9.17, 15) is 26.3 Å². The molecule has 0 bridgehead atoms. The van der Waals surface area contributed by atoms with Gasteiger partial charge in [-0.2, -0.15) is 26.3 Å². The summed E-state index contributed by atoms with van der Waals surface area (Å²) in [6.45, 7) is 0. The average Bonchev–Trinajstić information content (AvgIpc) is 2.24. The quantitative estimate of drug-likeness (QED) is 0.838. The molecule has 1 unspecified atom stereocenters. The Bertz CT molecular complexity index is 423. The number of hydrogen-bond acceptors (Lipinski definition) is 2. The molecule has 8 heteroatoms. The number of alkyl halides is 6. The van der Waals surface area contributed by atoms with Gasteiger partial charge in [0.1, 0.15) is 5.75 Å². The number of aliphatic hydroxyl groups excluding tert-OH is 1. The van der Waals surface area contributed by atoms with Crippen LogP contribution in [0.1, 0.15) is 17.2 Å². The van der Waals surface area contributed by atoms with Crippen molar-refractivity contribution in [2.24, 2.45) is 0 Å². The first-order valence-electron chi connectivity index (χ1n) is 4.57. The maximum absolute atomic E-state index is 12.6. The van der Waals surface area contributed by atoms with E-state index >= 15 is 0 Å². The predicted molar refractivity (Wildman–Crippen MR) is 49.0 cm³/mol. The van der Waals surface area contributed by atoms with Gasteiger partial charge in [-0.05, 0) is 12.1 Å². The maximum Gasteiger partial charge on any atom is 0.418 e. The number of benzene rings is 1. The first kappa shape index (κ1) is 14.6. The molecule has 0 saturated carbocycles. The van der Waals surface area contributed by atoms with Crippen LogP contribution in [0.3, 0.4) is 0 Å². The van der Waals surface area contributed by atoms with Crippen LogP contribution in [0.2, 0.25) is 0 Å². The first-order valence-corrected chi connectivity index (χ1v) is 4.57. The minimum Gasteiger partial charge on any atom is -0.497 e. The molecule has 0 fully saturated rings. The summed E-state index contributed by atoms with van der Waals surface area (Å²) in [7, 11) is 1.08. The van der Waals surface area contributed by atoms with E-state index in [0.29, 0.717) is 12.1 Å². The van der Waals surface area contributed by atoms with Gasteiger partial charge in [0.2, 0.25) is 0 Å². The Kier molecular flexibility index (Phi) is 3.80. The van der Waals surface area contributed by atoms with E-state index in [1.54, 1.807) is 0 Å². The molecular formula is C10H8F6O2. The fraction of sp³-hybridized carbons (Fsp3) is 0.400. The molecule has 1 aromatic carbocycles. The largest absolute Gasteiger partial charge is 0.497 e. The van der Waals surface area contributed by atoms with E-state index in [4.69, 9.17) is 5.11 Å². The molecular weight excluding hydrogens is 266 g/mol. The SMILES string of the molecule is COc1ccc(C(O)C(F)(F)F)c(C(F)(F)F)c1. The number of aliphatic hydroxyl groups is 1. The summed E-state index contributed by atoms with van der Waals surface area (Å²) in [6.07, 6.45) is -13.4. The van der Waals surface area contributed by atoms with Crippen molar-refractivity contribution in [3.63, 3.8) is 0 Å². The summed E-state index contributed by atoms with van der Waals surface area (Å²) < 4.78 is 79.0. The Morgan fingerprint density at radius 3 is 2.06 bits per heavy atom. The molecule has 0 aliphatic heterocycles. The van der Waals surface area contributed by atoms with Crippen LogP contribution in [-0.4, -0.2) is 18.4 Å². The molecule has 0 aliphatic carbocycles. The number of hydrogen-bond donors (Lipinski definition) is 1. The van der Waals surface area contributed by atoms with Gasteiger partial charge in [0.05, 0.1) is 12.7 Å². The number of ether oxygens (including phenoxy) is 1. The number of methoxy groups -OCH3 is 1. The van der Waals surface area contributed by atoms with Crippen LogP contribution in [0, 0.1) is 0 Å². The molecule has 0 saturated heterocycles. The third kappa shape index (κ3) is 3.06. The van der Waals surface area contributed by atoms with Crippen molar-refractivity contribution >= 4 is 0 Å². The predicted octanol–water partition coefficient (Wildman–Crippen LogP) is 3.31. The van der Waals surface area contributed by atoms with E-state index in [1.165, 1.54) is 0 Å². The van der Waals surface area contributed by atoms with Crippen molar-refractivity contribution in [1.29, 1.82) is 0 Å². The van der Waals surface area contributed by atoms with Gasteiger partial charge in [0.15, 0.2) is 6.10 Å². The second-order valence-corrected chi connectivity index (χ2v) is 3.40. The molecule has 1 rings (SSSR count). The molecule has 1 aromatic rings. The number of halogens is 6. The second-order valence-electron chi connectivity index (χ2n) is 3.40. The van der Waals surface area contributed by atoms with E-state index in [1.807, 2.05) is 0 Å². The summed E-state index contributed by atoms with van der Waals surface area (Å²) in [4.78, 5) is 0. The van der Waals surface area contributed by atoms with Crippen LogP contribution in [0.4, 0.5) is 26.3 Å². The molecule has 0 amide bonds. The van der Waals surface area contributed by atoms with Crippen molar-refractivity contribution in [3.05, 3.63) is 29.3 Å². The van der Waals surface area contributed by atoms with Gasteiger partial charge in [-0.1, -0.05) is 6.07 Å². The zero-order chi connectivity index (χ0) is 14.1. The van der Waals surface area contributed by atoms with E-state index < -0.39 is 29.6 Å². The third-order valence-electron chi connectivity index (χ3n) is 2.17. The lowest BCUT2D eigenvalue weighted by Crippen LogP contribution is -2.23. The normalized spacial score (nSPS) is 14.4. The molecule has 102 valence electrons. The molecule has 2 nitrogen and oxygen atoms in total. The Hall–Kier alpha value is -1.44. The minimum atomic E-state index is -5.17. The Morgan fingerprint density at radius 2 is 1.67 bits per heavy atom. The summed E-state index contributed by atoms with van der Waals surface area (Å²) in [6, 6.07) is 1.86. The van der Waals surface area contributed by atoms with Gasteiger partial charge in [0.25, 0.3) is 0 Å². The molecule has 0 radical (unpaired) electrons. The van der Waals surface area contributed by atoms with Crippen LogP contribution in [-0.2, 0) is 6.18 Å². The molecule has 0 aliphatic rings. The van der Waals surface area contributed by atoms with Gasteiger partial charge in [-0.15, -0.1) is 0 Å². The van der Waals surface area contributed by atoms with Crippen molar-refractivity contribution in [1.82, 2.24) is 0 Å². The summed E-state index contributed by atoms with van der Waals surface area (Å²) in [5.41, 5.74) is -2.83. The Morgan fingerprint density at radius 1 is 1.11 bits per heavy atom. The van der Waals surface area contributed by atoms with Gasteiger partial charge in [-0.3, -0.25) is 0 Å².